The number of ether oxygens (including phenoxy) is 1. The van der Waals surface area contributed by atoms with E-state index in [0.29, 0.717) is 5.56 Å². The first-order valence-corrected chi connectivity index (χ1v) is 7.13. The molecule has 2 rings (SSSR count). The maximum Gasteiger partial charge on any atom is 0.336 e. The molecule has 0 saturated heterocycles. The van der Waals surface area contributed by atoms with Crippen LogP contribution in [0.15, 0.2) is 46.9 Å². The first-order chi connectivity index (χ1) is 9.61. The zero-order valence-electron chi connectivity index (χ0n) is 11.1. The Hall–Kier alpha value is -1.81. The molecular formula is C16H15BrO3. The minimum absolute atomic E-state index is 0.247. The lowest BCUT2D eigenvalue weighted by Crippen LogP contribution is -2.06. The van der Waals surface area contributed by atoms with Gasteiger partial charge in [-0.1, -0.05) is 41.1 Å². The number of benzene rings is 2. The second-order valence-electron chi connectivity index (χ2n) is 4.36. The van der Waals surface area contributed by atoms with Crippen LogP contribution in [0, 0.1) is 0 Å². The van der Waals surface area contributed by atoms with Crippen LogP contribution in [-0.4, -0.2) is 11.1 Å². The van der Waals surface area contributed by atoms with Crippen molar-refractivity contribution in [1.29, 1.82) is 0 Å². The fourth-order valence-electron chi connectivity index (χ4n) is 1.98. The van der Waals surface area contributed by atoms with Gasteiger partial charge in [-0.25, -0.2) is 4.79 Å². The van der Waals surface area contributed by atoms with Gasteiger partial charge in [0.05, 0.1) is 5.56 Å². The Morgan fingerprint density at radius 1 is 1.20 bits per heavy atom. The molecule has 0 aliphatic heterocycles. The summed E-state index contributed by atoms with van der Waals surface area (Å²) in [5, 5.41) is 9.14. The van der Waals surface area contributed by atoms with Crippen LogP contribution in [0.4, 0.5) is 0 Å². The molecule has 0 radical (unpaired) electrons. The Morgan fingerprint density at radius 2 is 1.95 bits per heavy atom. The molecule has 0 bridgehead atoms. The quantitative estimate of drug-likeness (QED) is 0.887. The minimum atomic E-state index is -0.935. The van der Waals surface area contributed by atoms with Crippen molar-refractivity contribution in [1.82, 2.24) is 0 Å². The van der Waals surface area contributed by atoms with E-state index in [2.05, 4.69) is 22.9 Å². The lowest BCUT2D eigenvalue weighted by atomic mass is 10.1. The molecule has 104 valence electrons. The minimum Gasteiger partial charge on any atom is -0.489 e. The highest BCUT2D eigenvalue weighted by molar-refractivity contribution is 9.10. The molecule has 0 atom stereocenters. The summed E-state index contributed by atoms with van der Waals surface area (Å²) >= 11 is 3.43. The van der Waals surface area contributed by atoms with Crippen molar-refractivity contribution >= 4 is 21.9 Å². The fourth-order valence-corrected chi connectivity index (χ4v) is 2.38. The zero-order valence-corrected chi connectivity index (χ0v) is 12.7. The second-order valence-corrected chi connectivity index (χ2v) is 5.27. The molecule has 3 nitrogen and oxygen atoms in total. The summed E-state index contributed by atoms with van der Waals surface area (Å²) in [5.74, 6) is -0.147. The van der Waals surface area contributed by atoms with Crippen molar-refractivity contribution in [3.63, 3.8) is 0 Å². The standard InChI is InChI=1S/C16H15BrO3/c1-2-11-9-13(17)7-8-15(11)20-10-12-5-3-4-6-14(12)16(18)19/h3-9H,2,10H2,1H3,(H,18,19). The molecule has 20 heavy (non-hydrogen) atoms. The summed E-state index contributed by atoms with van der Waals surface area (Å²) in [6.45, 7) is 2.30. The van der Waals surface area contributed by atoms with E-state index in [-0.39, 0.29) is 12.2 Å². The van der Waals surface area contributed by atoms with Gasteiger partial charge < -0.3 is 9.84 Å². The van der Waals surface area contributed by atoms with Crippen molar-refractivity contribution in [2.45, 2.75) is 20.0 Å². The molecule has 0 unspecified atom stereocenters. The van der Waals surface area contributed by atoms with Crippen molar-refractivity contribution in [2.75, 3.05) is 0 Å². The first-order valence-electron chi connectivity index (χ1n) is 6.34. The summed E-state index contributed by atoms with van der Waals surface area (Å²) in [5.41, 5.74) is 2.04. The Balaban J connectivity index is 2.19. The lowest BCUT2D eigenvalue weighted by Gasteiger charge is -2.12. The summed E-state index contributed by atoms with van der Waals surface area (Å²) in [4.78, 5) is 11.1. The second kappa shape index (κ2) is 6.57. The van der Waals surface area contributed by atoms with E-state index in [4.69, 9.17) is 9.84 Å². The van der Waals surface area contributed by atoms with Crippen LogP contribution in [0.3, 0.4) is 0 Å². The average molecular weight is 335 g/mol. The SMILES string of the molecule is CCc1cc(Br)ccc1OCc1ccccc1C(=O)O. The largest absolute Gasteiger partial charge is 0.489 e. The Kier molecular flexibility index (Phi) is 4.79. The Morgan fingerprint density at radius 3 is 2.65 bits per heavy atom. The van der Waals surface area contributed by atoms with E-state index in [0.717, 1.165) is 22.2 Å². The van der Waals surface area contributed by atoms with Gasteiger partial charge >= 0.3 is 5.97 Å². The highest BCUT2D eigenvalue weighted by Gasteiger charge is 2.10. The predicted octanol–water partition coefficient (Wildman–Crippen LogP) is 4.29. The highest BCUT2D eigenvalue weighted by Crippen LogP contribution is 2.25. The number of hydrogen-bond donors (Lipinski definition) is 1. The fraction of sp³-hybridized carbons (Fsp3) is 0.188. The molecule has 2 aromatic rings. The maximum absolute atomic E-state index is 11.1. The van der Waals surface area contributed by atoms with Crippen LogP contribution >= 0.6 is 15.9 Å². The zero-order chi connectivity index (χ0) is 14.5. The third-order valence-electron chi connectivity index (χ3n) is 3.03. The van der Waals surface area contributed by atoms with Crippen molar-refractivity contribution in [3.05, 3.63) is 63.6 Å². The number of carboxylic acids is 1. The molecule has 0 aromatic heterocycles. The molecule has 0 aliphatic rings. The van der Waals surface area contributed by atoms with Crippen molar-refractivity contribution < 1.29 is 14.6 Å². The lowest BCUT2D eigenvalue weighted by molar-refractivity contribution is 0.0694. The number of carboxylic acid groups (broad SMARTS) is 1. The molecule has 0 saturated carbocycles. The van der Waals surface area contributed by atoms with Gasteiger partial charge in [0.2, 0.25) is 0 Å². The van der Waals surface area contributed by atoms with Gasteiger partial charge in [-0.15, -0.1) is 0 Å². The first kappa shape index (κ1) is 14.6. The molecule has 0 heterocycles. The average Bonchev–Trinajstić information content (AvgIpc) is 2.46. The van der Waals surface area contributed by atoms with Gasteiger partial charge in [0.15, 0.2) is 0 Å². The van der Waals surface area contributed by atoms with Gasteiger partial charge in [-0.05, 0) is 36.2 Å². The molecule has 0 amide bonds. The van der Waals surface area contributed by atoms with E-state index in [1.165, 1.54) is 0 Å². The smallest absolute Gasteiger partial charge is 0.336 e. The third-order valence-corrected chi connectivity index (χ3v) is 3.53. The highest BCUT2D eigenvalue weighted by atomic mass is 79.9. The van der Waals surface area contributed by atoms with E-state index < -0.39 is 5.97 Å². The van der Waals surface area contributed by atoms with Crippen LogP contribution in [-0.2, 0) is 13.0 Å². The van der Waals surface area contributed by atoms with Crippen LogP contribution in [0.1, 0.15) is 28.4 Å². The van der Waals surface area contributed by atoms with Crippen molar-refractivity contribution in [2.24, 2.45) is 0 Å². The molecule has 4 heteroatoms. The van der Waals surface area contributed by atoms with Gasteiger partial charge in [-0.2, -0.15) is 0 Å². The predicted molar refractivity (Wildman–Crippen MR) is 81.3 cm³/mol. The Labute approximate surface area is 126 Å². The normalized spacial score (nSPS) is 10.3. The monoisotopic (exact) mass is 334 g/mol. The summed E-state index contributed by atoms with van der Waals surface area (Å²) in [7, 11) is 0. The molecule has 1 N–H and O–H groups in total. The van der Waals surface area contributed by atoms with Gasteiger partial charge in [0.25, 0.3) is 0 Å². The van der Waals surface area contributed by atoms with Gasteiger partial charge in [-0.3, -0.25) is 0 Å². The summed E-state index contributed by atoms with van der Waals surface area (Å²) in [6, 6.07) is 12.7. The van der Waals surface area contributed by atoms with Gasteiger partial charge in [0, 0.05) is 10.0 Å². The maximum atomic E-state index is 11.1. The van der Waals surface area contributed by atoms with E-state index in [9.17, 15) is 4.79 Å². The van der Waals surface area contributed by atoms with Crippen LogP contribution < -0.4 is 4.74 Å². The van der Waals surface area contributed by atoms with Crippen molar-refractivity contribution in [3.8, 4) is 5.75 Å². The van der Waals surface area contributed by atoms with Gasteiger partial charge in [0.1, 0.15) is 12.4 Å². The van der Waals surface area contributed by atoms with Crippen LogP contribution in [0.2, 0.25) is 0 Å². The molecular weight excluding hydrogens is 320 g/mol. The number of aromatic carboxylic acids is 1. The third kappa shape index (κ3) is 3.39. The van der Waals surface area contributed by atoms with E-state index >= 15 is 0 Å². The number of halogens is 1. The topological polar surface area (TPSA) is 46.5 Å². The van der Waals surface area contributed by atoms with E-state index in [1.54, 1.807) is 18.2 Å². The number of rotatable bonds is 5. The Bertz CT molecular complexity index is 623. The van der Waals surface area contributed by atoms with Crippen LogP contribution in [0.5, 0.6) is 5.75 Å². The molecule has 0 aliphatic carbocycles. The number of carbonyl (C=O) groups is 1. The van der Waals surface area contributed by atoms with E-state index in [1.807, 2.05) is 24.3 Å². The van der Waals surface area contributed by atoms with Crippen LogP contribution in [0.25, 0.3) is 0 Å². The summed E-state index contributed by atoms with van der Waals surface area (Å²) in [6.07, 6.45) is 0.856. The molecule has 2 aromatic carbocycles. The number of hydrogen-bond acceptors (Lipinski definition) is 2. The molecule has 0 spiro atoms. The number of aryl methyl sites for hydroxylation is 1. The summed E-state index contributed by atoms with van der Waals surface area (Å²) < 4.78 is 6.78. The molecule has 0 fully saturated rings.